The van der Waals surface area contributed by atoms with E-state index in [0.29, 0.717) is 5.56 Å². The molecule has 0 radical (unpaired) electrons. The van der Waals surface area contributed by atoms with Crippen LogP contribution in [0, 0.1) is 11.3 Å². The van der Waals surface area contributed by atoms with Gasteiger partial charge in [0.15, 0.2) is 0 Å². The van der Waals surface area contributed by atoms with Crippen LogP contribution in [-0.2, 0) is 0 Å². The number of phenols is 1. The van der Waals surface area contributed by atoms with Crippen LogP contribution in [0.25, 0.3) is 0 Å². The highest BCUT2D eigenvalue weighted by atomic mass is 16.3. The molecule has 15 heavy (non-hydrogen) atoms. The Labute approximate surface area is 88.7 Å². The first-order valence-electron chi connectivity index (χ1n) is 5.00. The standard InChI is InChI=1S/C11H13N3O/c12-8-9-1-2-11(15)10(7-9)14-5-3-13-4-6-14/h1-2,7,13,15H,3-6H2. The Morgan fingerprint density at radius 1 is 1.33 bits per heavy atom. The van der Waals surface area contributed by atoms with E-state index in [1.165, 1.54) is 0 Å². The molecule has 0 aromatic heterocycles. The Morgan fingerprint density at radius 2 is 2.07 bits per heavy atom. The second kappa shape index (κ2) is 4.20. The first-order valence-corrected chi connectivity index (χ1v) is 5.00. The largest absolute Gasteiger partial charge is 0.506 e. The van der Waals surface area contributed by atoms with E-state index in [9.17, 15) is 5.11 Å². The molecule has 0 saturated carbocycles. The third-order valence-corrected chi connectivity index (χ3v) is 2.56. The molecule has 1 aromatic rings. The highest BCUT2D eigenvalue weighted by molar-refractivity contribution is 5.61. The van der Waals surface area contributed by atoms with E-state index in [0.717, 1.165) is 31.9 Å². The van der Waals surface area contributed by atoms with Gasteiger partial charge in [-0.15, -0.1) is 0 Å². The second-order valence-corrected chi connectivity index (χ2v) is 3.55. The molecule has 0 amide bonds. The lowest BCUT2D eigenvalue weighted by Gasteiger charge is -2.29. The summed E-state index contributed by atoms with van der Waals surface area (Å²) in [4.78, 5) is 2.09. The molecule has 0 spiro atoms. The molecule has 4 nitrogen and oxygen atoms in total. The van der Waals surface area contributed by atoms with Crippen LogP contribution < -0.4 is 10.2 Å². The Bertz CT molecular complexity index is 391. The van der Waals surface area contributed by atoms with Gasteiger partial charge in [0.2, 0.25) is 0 Å². The maximum Gasteiger partial charge on any atom is 0.138 e. The molecule has 0 aliphatic carbocycles. The molecule has 0 bridgehead atoms. The minimum Gasteiger partial charge on any atom is -0.506 e. The Balaban J connectivity index is 2.29. The zero-order valence-corrected chi connectivity index (χ0v) is 8.40. The first kappa shape index (κ1) is 9.81. The lowest BCUT2D eigenvalue weighted by molar-refractivity contribution is 0.470. The van der Waals surface area contributed by atoms with Crippen molar-refractivity contribution in [2.24, 2.45) is 0 Å². The molecule has 1 aliphatic heterocycles. The second-order valence-electron chi connectivity index (χ2n) is 3.55. The van der Waals surface area contributed by atoms with E-state index in [2.05, 4.69) is 16.3 Å². The van der Waals surface area contributed by atoms with Gasteiger partial charge in [-0.05, 0) is 18.2 Å². The van der Waals surface area contributed by atoms with Crippen molar-refractivity contribution in [3.8, 4) is 11.8 Å². The number of aromatic hydroxyl groups is 1. The number of nitriles is 1. The zero-order valence-electron chi connectivity index (χ0n) is 8.40. The summed E-state index contributed by atoms with van der Waals surface area (Å²) in [5.41, 5.74) is 1.34. The van der Waals surface area contributed by atoms with Gasteiger partial charge in [0, 0.05) is 26.2 Å². The molecule has 0 atom stereocenters. The minimum absolute atomic E-state index is 0.246. The number of hydrogen-bond acceptors (Lipinski definition) is 4. The van der Waals surface area contributed by atoms with E-state index in [1.807, 2.05) is 0 Å². The molecule has 1 heterocycles. The molecular formula is C11H13N3O. The van der Waals surface area contributed by atoms with Crippen molar-refractivity contribution < 1.29 is 5.11 Å². The van der Waals surface area contributed by atoms with E-state index >= 15 is 0 Å². The average molecular weight is 203 g/mol. The number of nitrogens with one attached hydrogen (secondary N) is 1. The first-order chi connectivity index (χ1) is 7.31. The number of benzene rings is 1. The van der Waals surface area contributed by atoms with E-state index in [1.54, 1.807) is 18.2 Å². The van der Waals surface area contributed by atoms with Gasteiger partial charge in [-0.2, -0.15) is 5.26 Å². The van der Waals surface area contributed by atoms with Gasteiger partial charge < -0.3 is 15.3 Å². The molecule has 78 valence electrons. The summed E-state index contributed by atoms with van der Waals surface area (Å²) < 4.78 is 0. The molecule has 1 aromatic carbocycles. The number of anilines is 1. The van der Waals surface area contributed by atoms with Crippen LogP contribution in [-0.4, -0.2) is 31.3 Å². The van der Waals surface area contributed by atoms with Gasteiger partial charge in [-0.3, -0.25) is 0 Å². The summed E-state index contributed by atoms with van der Waals surface area (Å²) in [6.45, 7) is 3.55. The topological polar surface area (TPSA) is 59.3 Å². The van der Waals surface area contributed by atoms with Gasteiger partial charge in [0.1, 0.15) is 5.75 Å². The maximum absolute atomic E-state index is 9.71. The molecule has 4 heteroatoms. The van der Waals surface area contributed by atoms with Crippen LogP contribution >= 0.6 is 0 Å². The Hall–Kier alpha value is -1.73. The summed E-state index contributed by atoms with van der Waals surface area (Å²) in [7, 11) is 0. The highest BCUT2D eigenvalue weighted by Gasteiger charge is 2.14. The summed E-state index contributed by atoms with van der Waals surface area (Å²) in [5.74, 6) is 0.246. The Morgan fingerprint density at radius 3 is 2.73 bits per heavy atom. The zero-order chi connectivity index (χ0) is 10.7. The van der Waals surface area contributed by atoms with Crippen LogP contribution in [0.4, 0.5) is 5.69 Å². The molecule has 0 unspecified atom stereocenters. The van der Waals surface area contributed by atoms with Crippen molar-refractivity contribution in [3.63, 3.8) is 0 Å². The minimum atomic E-state index is 0.246. The Kier molecular flexibility index (Phi) is 2.75. The van der Waals surface area contributed by atoms with E-state index in [4.69, 9.17) is 5.26 Å². The van der Waals surface area contributed by atoms with Gasteiger partial charge in [0.25, 0.3) is 0 Å². The van der Waals surface area contributed by atoms with E-state index in [-0.39, 0.29) is 5.75 Å². The normalized spacial score (nSPS) is 16.1. The van der Waals surface area contributed by atoms with E-state index < -0.39 is 0 Å². The third-order valence-electron chi connectivity index (χ3n) is 2.56. The molecular weight excluding hydrogens is 190 g/mol. The van der Waals surface area contributed by atoms with Crippen molar-refractivity contribution in [1.29, 1.82) is 5.26 Å². The predicted octanol–water partition coefficient (Wildman–Crippen LogP) is 0.673. The summed E-state index contributed by atoms with van der Waals surface area (Å²) in [5, 5.41) is 21.7. The monoisotopic (exact) mass is 203 g/mol. The number of nitrogens with zero attached hydrogens (tertiary/aromatic N) is 2. The summed E-state index contributed by atoms with van der Waals surface area (Å²) >= 11 is 0. The van der Waals surface area contributed by atoms with Crippen LogP contribution in [0.5, 0.6) is 5.75 Å². The smallest absolute Gasteiger partial charge is 0.138 e. The van der Waals surface area contributed by atoms with Crippen LogP contribution in [0.3, 0.4) is 0 Å². The predicted molar refractivity (Wildman–Crippen MR) is 57.9 cm³/mol. The third kappa shape index (κ3) is 2.03. The number of phenolic OH excluding ortho intramolecular Hbond substituents is 1. The average Bonchev–Trinajstić information content (AvgIpc) is 2.31. The van der Waals surface area contributed by atoms with Gasteiger partial charge >= 0.3 is 0 Å². The van der Waals surface area contributed by atoms with Crippen molar-refractivity contribution >= 4 is 5.69 Å². The molecule has 1 saturated heterocycles. The number of rotatable bonds is 1. The fourth-order valence-electron chi connectivity index (χ4n) is 1.75. The SMILES string of the molecule is N#Cc1ccc(O)c(N2CCNCC2)c1. The fourth-order valence-corrected chi connectivity index (χ4v) is 1.75. The van der Waals surface area contributed by atoms with Crippen molar-refractivity contribution in [2.75, 3.05) is 31.1 Å². The quantitative estimate of drug-likeness (QED) is 0.704. The van der Waals surface area contributed by atoms with Gasteiger partial charge in [-0.1, -0.05) is 0 Å². The van der Waals surface area contributed by atoms with Crippen molar-refractivity contribution in [2.45, 2.75) is 0 Å². The molecule has 2 rings (SSSR count). The molecule has 2 N–H and O–H groups in total. The van der Waals surface area contributed by atoms with Crippen molar-refractivity contribution in [3.05, 3.63) is 23.8 Å². The molecule has 1 fully saturated rings. The van der Waals surface area contributed by atoms with Crippen molar-refractivity contribution in [1.82, 2.24) is 5.32 Å². The highest BCUT2D eigenvalue weighted by Crippen LogP contribution is 2.28. The number of hydrogen-bond donors (Lipinski definition) is 2. The maximum atomic E-state index is 9.71. The fraction of sp³-hybridized carbons (Fsp3) is 0.364. The molecule has 1 aliphatic rings. The van der Waals surface area contributed by atoms with Crippen LogP contribution in [0.2, 0.25) is 0 Å². The lowest BCUT2D eigenvalue weighted by atomic mass is 10.1. The van der Waals surface area contributed by atoms with Crippen LogP contribution in [0.15, 0.2) is 18.2 Å². The summed E-state index contributed by atoms with van der Waals surface area (Å²) in [6.07, 6.45) is 0. The van der Waals surface area contributed by atoms with Gasteiger partial charge in [-0.25, -0.2) is 0 Å². The number of piperazine rings is 1. The lowest BCUT2D eigenvalue weighted by Crippen LogP contribution is -2.43. The van der Waals surface area contributed by atoms with Gasteiger partial charge in [0.05, 0.1) is 17.3 Å². The van der Waals surface area contributed by atoms with Crippen LogP contribution in [0.1, 0.15) is 5.56 Å². The summed E-state index contributed by atoms with van der Waals surface area (Å²) in [6, 6.07) is 7.02.